The summed E-state index contributed by atoms with van der Waals surface area (Å²) in [6, 6.07) is 44.0. The van der Waals surface area contributed by atoms with E-state index in [0.717, 1.165) is 33.2 Å². The zero-order chi connectivity index (χ0) is 29.6. The molecule has 210 valence electrons. The van der Waals surface area contributed by atoms with Crippen LogP contribution in [0.1, 0.15) is 40.9 Å². The average molecular weight is 563 g/mol. The Balaban J connectivity index is 1.53. The van der Waals surface area contributed by atoms with Crippen molar-refractivity contribution < 1.29 is 4.79 Å². The van der Waals surface area contributed by atoms with Gasteiger partial charge < -0.3 is 5.32 Å². The second-order valence-electron chi connectivity index (χ2n) is 10.3. The SMILES string of the molecule is C[C@@H](NC(=O)Nc1cc2c(cn1)c(CC#N)nn2C(c1ccccc1)(c1ccccc1)c1ccccc1)c1ccccc1. The standard InChI is InChI=1S/C36H30N6O/c1-26(27-14-6-2-7-15-27)39-35(43)40-34-24-33-31(25-38-34)32(22-23-37)41-42(33)36(28-16-8-3-9-17-28,29-18-10-4-11-19-29)30-20-12-5-13-21-30/h2-21,24-26H,22H2,1H3,(H2,38,39,40,43)/t26-/m1/s1. The van der Waals surface area contributed by atoms with E-state index in [9.17, 15) is 10.1 Å². The molecule has 0 unspecified atom stereocenters. The molecule has 0 aliphatic rings. The Morgan fingerprint density at radius 3 is 1.86 bits per heavy atom. The summed E-state index contributed by atoms with van der Waals surface area (Å²) in [6.07, 6.45) is 1.80. The highest BCUT2D eigenvalue weighted by Gasteiger charge is 2.41. The number of nitriles is 1. The van der Waals surface area contributed by atoms with Crippen molar-refractivity contribution in [3.05, 3.63) is 162 Å². The first-order valence-electron chi connectivity index (χ1n) is 14.2. The third-order valence-electron chi connectivity index (χ3n) is 7.67. The molecular weight excluding hydrogens is 532 g/mol. The summed E-state index contributed by atoms with van der Waals surface area (Å²) in [5.74, 6) is 0.373. The number of benzene rings is 4. The van der Waals surface area contributed by atoms with E-state index in [-0.39, 0.29) is 18.5 Å². The van der Waals surface area contributed by atoms with Gasteiger partial charge in [-0.15, -0.1) is 0 Å². The molecule has 0 spiro atoms. The van der Waals surface area contributed by atoms with Gasteiger partial charge in [0.2, 0.25) is 0 Å². The number of amides is 2. The quantitative estimate of drug-likeness (QED) is 0.192. The highest BCUT2D eigenvalue weighted by molar-refractivity contribution is 5.92. The lowest BCUT2D eigenvalue weighted by molar-refractivity contribution is 0.249. The van der Waals surface area contributed by atoms with Crippen LogP contribution in [0.4, 0.5) is 10.6 Å². The van der Waals surface area contributed by atoms with Gasteiger partial charge in [0.25, 0.3) is 0 Å². The number of urea groups is 1. The van der Waals surface area contributed by atoms with Crippen LogP contribution in [0.2, 0.25) is 0 Å². The Morgan fingerprint density at radius 1 is 0.837 bits per heavy atom. The van der Waals surface area contributed by atoms with Crippen LogP contribution in [0.5, 0.6) is 0 Å². The number of nitrogens with one attached hydrogen (secondary N) is 2. The van der Waals surface area contributed by atoms with E-state index in [4.69, 9.17) is 5.10 Å². The zero-order valence-electron chi connectivity index (χ0n) is 23.7. The van der Waals surface area contributed by atoms with Crippen LogP contribution in [-0.4, -0.2) is 20.8 Å². The summed E-state index contributed by atoms with van der Waals surface area (Å²) in [5, 5.41) is 21.5. The number of aromatic nitrogens is 3. The molecule has 43 heavy (non-hydrogen) atoms. The normalized spacial score (nSPS) is 11.9. The first-order valence-corrected chi connectivity index (χ1v) is 14.2. The van der Waals surface area contributed by atoms with Gasteiger partial charge >= 0.3 is 6.03 Å². The first kappa shape index (κ1) is 27.4. The van der Waals surface area contributed by atoms with Gasteiger partial charge in [0.15, 0.2) is 0 Å². The van der Waals surface area contributed by atoms with Crippen LogP contribution in [0.25, 0.3) is 10.9 Å². The highest BCUT2D eigenvalue weighted by Crippen LogP contribution is 2.43. The van der Waals surface area contributed by atoms with Gasteiger partial charge in [-0.05, 0) is 29.2 Å². The first-order chi connectivity index (χ1) is 21.1. The maximum Gasteiger partial charge on any atom is 0.320 e. The van der Waals surface area contributed by atoms with E-state index in [0.29, 0.717) is 11.5 Å². The van der Waals surface area contributed by atoms with Gasteiger partial charge in [0.1, 0.15) is 11.4 Å². The fraction of sp³-hybridized carbons (Fsp3) is 0.111. The number of hydrogen-bond donors (Lipinski definition) is 2. The Bertz CT molecular complexity index is 1780. The van der Waals surface area contributed by atoms with Gasteiger partial charge in [-0.3, -0.25) is 5.32 Å². The molecule has 6 aromatic rings. The van der Waals surface area contributed by atoms with Crippen LogP contribution < -0.4 is 10.6 Å². The minimum atomic E-state index is -0.890. The van der Waals surface area contributed by atoms with E-state index in [2.05, 4.69) is 58.1 Å². The van der Waals surface area contributed by atoms with Crippen molar-refractivity contribution in [2.45, 2.75) is 24.9 Å². The molecule has 0 fully saturated rings. The third kappa shape index (κ3) is 5.22. The summed E-state index contributed by atoms with van der Waals surface area (Å²) in [7, 11) is 0. The lowest BCUT2D eigenvalue weighted by Gasteiger charge is -2.37. The molecule has 0 aliphatic heterocycles. The van der Waals surface area contributed by atoms with Crippen LogP contribution in [0.3, 0.4) is 0 Å². The number of rotatable bonds is 8. The molecule has 1 atom stereocenters. The Labute approximate surface area is 250 Å². The maximum atomic E-state index is 13.1. The van der Waals surface area contributed by atoms with E-state index in [1.807, 2.05) is 103 Å². The topological polar surface area (TPSA) is 95.6 Å². The monoisotopic (exact) mass is 562 g/mol. The van der Waals surface area contributed by atoms with Crippen molar-refractivity contribution in [3.63, 3.8) is 0 Å². The van der Waals surface area contributed by atoms with E-state index in [1.165, 1.54) is 0 Å². The Kier molecular flexibility index (Phi) is 7.66. The molecule has 0 saturated carbocycles. The summed E-state index contributed by atoms with van der Waals surface area (Å²) >= 11 is 0. The Morgan fingerprint density at radius 2 is 1.35 bits per heavy atom. The highest BCUT2D eigenvalue weighted by atomic mass is 16.2. The molecule has 7 heteroatoms. The summed E-state index contributed by atoms with van der Waals surface area (Å²) < 4.78 is 1.98. The van der Waals surface area contributed by atoms with Gasteiger partial charge in [-0.1, -0.05) is 121 Å². The number of nitrogens with zero attached hydrogens (tertiary/aromatic N) is 4. The lowest BCUT2D eigenvalue weighted by Crippen LogP contribution is -2.38. The van der Waals surface area contributed by atoms with Crippen molar-refractivity contribution in [3.8, 4) is 6.07 Å². The molecule has 2 amide bonds. The molecule has 0 saturated heterocycles. The number of carbonyl (C=O) groups excluding carboxylic acids is 1. The lowest BCUT2D eigenvalue weighted by atomic mass is 9.77. The van der Waals surface area contributed by atoms with Crippen molar-refractivity contribution >= 4 is 22.8 Å². The van der Waals surface area contributed by atoms with Crippen LogP contribution >= 0.6 is 0 Å². The largest absolute Gasteiger partial charge is 0.331 e. The summed E-state index contributed by atoms with van der Waals surface area (Å²) in [5.41, 5.74) is 4.47. The number of pyridine rings is 1. The van der Waals surface area contributed by atoms with Crippen molar-refractivity contribution in [2.75, 3.05) is 5.32 Å². The number of hydrogen-bond acceptors (Lipinski definition) is 4. The summed E-state index contributed by atoms with van der Waals surface area (Å²) in [6.45, 7) is 1.93. The molecular formula is C36H30N6O. The third-order valence-corrected chi connectivity index (χ3v) is 7.67. The van der Waals surface area contributed by atoms with Gasteiger partial charge in [-0.2, -0.15) is 10.4 Å². The van der Waals surface area contributed by atoms with Crippen LogP contribution in [-0.2, 0) is 12.0 Å². The smallest absolute Gasteiger partial charge is 0.320 e. The molecule has 7 nitrogen and oxygen atoms in total. The molecule has 0 aliphatic carbocycles. The van der Waals surface area contributed by atoms with Gasteiger partial charge in [-0.25, -0.2) is 14.5 Å². The fourth-order valence-electron chi connectivity index (χ4n) is 5.68. The number of carbonyl (C=O) groups is 1. The average Bonchev–Trinajstić information content (AvgIpc) is 3.41. The predicted octanol–water partition coefficient (Wildman–Crippen LogP) is 7.22. The molecule has 2 N–H and O–H groups in total. The molecule has 2 heterocycles. The minimum absolute atomic E-state index is 0.113. The number of fused-ring (bicyclic) bond motifs is 1. The molecule has 4 aromatic carbocycles. The zero-order valence-corrected chi connectivity index (χ0v) is 23.7. The second kappa shape index (κ2) is 12.0. The Hall–Kier alpha value is -5.74. The van der Waals surface area contributed by atoms with Crippen molar-refractivity contribution in [1.29, 1.82) is 5.26 Å². The van der Waals surface area contributed by atoms with Crippen LogP contribution in [0.15, 0.2) is 134 Å². The minimum Gasteiger partial charge on any atom is -0.331 e. The van der Waals surface area contributed by atoms with Crippen molar-refractivity contribution in [1.82, 2.24) is 20.1 Å². The molecule has 0 bridgehead atoms. The second-order valence-corrected chi connectivity index (χ2v) is 10.3. The van der Waals surface area contributed by atoms with E-state index >= 15 is 0 Å². The van der Waals surface area contributed by atoms with Gasteiger partial charge in [0, 0.05) is 17.6 Å². The van der Waals surface area contributed by atoms with E-state index in [1.54, 1.807) is 6.20 Å². The number of anilines is 1. The summed E-state index contributed by atoms with van der Waals surface area (Å²) in [4.78, 5) is 17.6. The molecule has 0 radical (unpaired) electrons. The molecule has 6 rings (SSSR count). The maximum absolute atomic E-state index is 13.1. The predicted molar refractivity (Wildman–Crippen MR) is 168 cm³/mol. The molecule has 2 aromatic heterocycles. The fourth-order valence-corrected chi connectivity index (χ4v) is 5.68. The van der Waals surface area contributed by atoms with Gasteiger partial charge in [0.05, 0.1) is 29.7 Å². The van der Waals surface area contributed by atoms with Crippen molar-refractivity contribution in [2.24, 2.45) is 0 Å². The van der Waals surface area contributed by atoms with E-state index < -0.39 is 5.54 Å². The van der Waals surface area contributed by atoms with Crippen LogP contribution in [0, 0.1) is 11.3 Å².